The monoisotopic (exact) mass is 381 g/mol. The van der Waals surface area contributed by atoms with Crippen LogP contribution >= 0.6 is 0 Å². The smallest absolute Gasteiger partial charge is 0.278 e. The molecule has 2 amide bonds. The number of hydrazine groups is 1. The van der Waals surface area contributed by atoms with E-state index in [0.717, 1.165) is 55.1 Å². The van der Waals surface area contributed by atoms with Gasteiger partial charge in [0.25, 0.3) is 11.8 Å². The number of aromatic nitrogens is 1. The quantitative estimate of drug-likeness (QED) is 0.470. The van der Waals surface area contributed by atoms with E-state index in [1.54, 1.807) is 16.1 Å². The van der Waals surface area contributed by atoms with E-state index in [1.165, 1.54) is 0 Å². The van der Waals surface area contributed by atoms with Crippen LogP contribution in [-0.2, 0) is 16.1 Å². The van der Waals surface area contributed by atoms with Crippen molar-refractivity contribution in [3.05, 3.63) is 41.6 Å². The third-order valence-electron chi connectivity index (χ3n) is 5.25. The lowest BCUT2D eigenvalue weighted by Gasteiger charge is -2.27. The maximum absolute atomic E-state index is 13.1. The number of hydrogen-bond donors (Lipinski definition) is 0. The predicted octanol–water partition coefficient (Wildman–Crippen LogP) is 4.62. The summed E-state index contributed by atoms with van der Waals surface area (Å²) in [4.78, 5) is 26.1. The highest BCUT2D eigenvalue weighted by atomic mass is 16.2. The maximum atomic E-state index is 13.1. The van der Waals surface area contributed by atoms with E-state index in [0.29, 0.717) is 13.1 Å². The number of hydrogen-bond acceptors (Lipinski definition) is 2. The average Bonchev–Trinajstić information content (AvgIpc) is 3.15. The molecular formula is C23H31N3O2. The molecule has 5 nitrogen and oxygen atoms in total. The van der Waals surface area contributed by atoms with E-state index in [-0.39, 0.29) is 17.4 Å². The molecule has 1 aromatic heterocycles. The van der Waals surface area contributed by atoms with Gasteiger partial charge in [0, 0.05) is 42.3 Å². The van der Waals surface area contributed by atoms with Gasteiger partial charge in [-0.15, -0.1) is 0 Å². The van der Waals surface area contributed by atoms with Crippen molar-refractivity contribution in [2.75, 3.05) is 13.1 Å². The van der Waals surface area contributed by atoms with Crippen LogP contribution in [0.25, 0.3) is 17.0 Å². The molecule has 0 N–H and O–H groups in total. The molecule has 0 radical (unpaired) electrons. The van der Waals surface area contributed by atoms with Crippen molar-refractivity contribution in [1.82, 2.24) is 14.6 Å². The van der Waals surface area contributed by atoms with Gasteiger partial charge in [-0.05, 0) is 31.4 Å². The minimum absolute atomic E-state index is 0.165. The molecule has 1 fully saturated rings. The number of para-hydroxylation sites is 1. The molecule has 2 heterocycles. The number of carbonyl (C=O) groups excluding carboxylic acids is 2. The van der Waals surface area contributed by atoms with Gasteiger partial charge in [-0.1, -0.05) is 51.8 Å². The molecule has 1 aliphatic rings. The molecule has 150 valence electrons. The molecule has 1 saturated heterocycles. The summed E-state index contributed by atoms with van der Waals surface area (Å²) in [6.45, 7) is 8.45. The molecule has 0 saturated carbocycles. The Kier molecular flexibility index (Phi) is 6.55. The molecule has 0 unspecified atom stereocenters. The van der Waals surface area contributed by atoms with Gasteiger partial charge in [0.05, 0.1) is 0 Å². The number of nitrogens with zero attached hydrogens (tertiary/aromatic N) is 3. The van der Waals surface area contributed by atoms with Crippen LogP contribution in [0.3, 0.4) is 0 Å². The number of aryl methyl sites for hydroxylation is 1. The Morgan fingerprint density at radius 3 is 2.00 bits per heavy atom. The first-order valence-electron chi connectivity index (χ1n) is 10.6. The summed E-state index contributed by atoms with van der Waals surface area (Å²) < 4.78 is 2.20. The van der Waals surface area contributed by atoms with E-state index >= 15 is 0 Å². The fraction of sp³-hybridized carbons (Fsp3) is 0.478. The van der Waals surface area contributed by atoms with Crippen molar-refractivity contribution < 1.29 is 9.59 Å². The lowest BCUT2D eigenvalue weighted by molar-refractivity contribution is -0.147. The summed E-state index contributed by atoms with van der Waals surface area (Å²) in [5, 5.41) is 4.38. The molecule has 28 heavy (non-hydrogen) atoms. The zero-order valence-corrected chi connectivity index (χ0v) is 17.3. The fourth-order valence-corrected chi connectivity index (χ4v) is 3.74. The minimum Gasteiger partial charge on any atom is -0.347 e. The zero-order chi connectivity index (χ0) is 20.1. The van der Waals surface area contributed by atoms with Crippen molar-refractivity contribution in [3.63, 3.8) is 0 Å². The fourth-order valence-electron chi connectivity index (χ4n) is 3.74. The standard InChI is InChI=1S/C23H31N3O2/c1-4-7-14-25-22(27)20(23(28)26(25)15-8-5-2)16-18-17-24(13-6-3)21-12-10-9-11-19(18)21/h9-12,16-17H,4-8,13-15H2,1-3H3. The molecule has 0 atom stereocenters. The highest BCUT2D eigenvalue weighted by Crippen LogP contribution is 2.28. The van der Waals surface area contributed by atoms with Crippen LogP contribution in [0.1, 0.15) is 58.4 Å². The van der Waals surface area contributed by atoms with Crippen molar-refractivity contribution in [2.45, 2.75) is 59.4 Å². The van der Waals surface area contributed by atoms with Gasteiger partial charge >= 0.3 is 0 Å². The van der Waals surface area contributed by atoms with Crippen molar-refractivity contribution >= 4 is 28.8 Å². The van der Waals surface area contributed by atoms with Gasteiger partial charge in [0.1, 0.15) is 5.57 Å². The SMILES string of the molecule is CCCCN1C(=O)C(=Cc2cn(CCC)c3ccccc23)C(=O)N1CCCC. The molecule has 0 bridgehead atoms. The molecule has 0 aliphatic carbocycles. The Morgan fingerprint density at radius 2 is 1.43 bits per heavy atom. The first-order chi connectivity index (χ1) is 13.6. The number of unbranched alkanes of at least 4 members (excludes halogenated alkanes) is 2. The van der Waals surface area contributed by atoms with E-state index < -0.39 is 0 Å². The molecule has 0 spiro atoms. The van der Waals surface area contributed by atoms with Gasteiger partial charge < -0.3 is 4.57 Å². The average molecular weight is 382 g/mol. The van der Waals surface area contributed by atoms with Crippen molar-refractivity contribution in [1.29, 1.82) is 0 Å². The number of amides is 2. The van der Waals surface area contributed by atoms with Crippen LogP contribution < -0.4 is 0 Å². The lowest BCUT2D eigenvalue weighted by Crippen LogP contribution is -2.42. The normalized spacial score (nSPS) is 14.6. The maximum Gasteiger partial charge on any atom is 0.278 e. The molecule has 5 heteroatoms. The summed E-state index contributed by atoms with van der Waals surface area (Å²) in [5.74, 6) is -0.330. The second-order valence-corrected chi connectivity index (χ2v) is 7.42. The van der Waals surface area contributed by atoms with Crippen LogP contribution in [0, 0.1) is 0 Å². The summed E-state index contributed by atoms with van der Waals surface area (Å²) in [6.07, 6.45) is 8.65. The Labute approximate surface area is 167 Å². The Balaban J connectivity index is 2.00. The van der Waals surface area contributed by atoms with Gasteiger partial charge in [-0.25, -0.2) is 10.0 Å². The molecule has 1 aliphatic heterocycles. The summed E-state index contributed by atoms with van der Waals surface area (Å²) in [7, 11) is 0. The lowest BCUT2D eigenvalue weighted by atomic mass is 10.1. The Hall–Kier alpha value is -2.56. The third kappa shape index (κ3) is 3.84. The minimum atomic E-state index is -0.165. The molecule has 3 rings (SSSR count). The van der Waals surface area contributed by atoms with Gasteiger partial charge in [-0.2, -0.15) is 0 Å². The van der Waals surface area contributed by atoms with E-state index in [2.05, 4.69) is 43.7 Å². The van der Waals surface area contributed by atoms with Gasteiger partial charge in [0.15, 0.2) is 0 Å². The van der Waals surface area contributed by atoms with Crippen LogP contribution in [0.15, 0.2) is 36.0 Å². The third-order valence-corrected chi connectivity index (χ3v) is 5.25. The highest BCUT2D eigenvalue weighted by Gasteiger charge is 2.40. The molecule has 2 aromatic rings. The van der Waals surface area contributed by atoms with E-state index in [1.807, 2.05) is 12.1 Å². The van der Waals surface area contributed by atoms with E-state index in [4.69, 9.17) is 0 Å². The van der Waals surface area contributed by atoms with Crippen LogP contribution in [-0.4, -0.2) is 39.5 Å². The topological polar surface area (TPSA) is 45.6 Å². The number of rotatable bonds is 9. The summed E-state index contributed by atoms with van der Waals surface area (Å²) in [5.41, 5.74) is 2.36. The Bertz CT molecular complexity index is 853. The largest absolute Gasteiger partial charge is 0.347 e. The molecule has 1 aromatic carbocycles. The first kappa shape index (κ1) is 20.2. The van der Waals surface area contributed by atoms with Gasteiger partial charge in [-0.3, -0.25) is 9.59 Å². The van der Waals surface area contributed by atoms with Gasteiger partial charge in [0.2, 0.25) is 0 Å². The van der Waals surface area contributed by atoms with Crippen molar-refractivity contribution in [2.24, 2.45) is 0 Å². The number of carbonyl (C=O) groups is 2. The van der Waals surface area contributed by atoms with Crippen LogP contribution in [0.4, 0.5) is 0 Å². The van der Waals surface area contributed by atoms with Crippen LogP contribution in [0.5, 0.6) is 0 Å². The zero-order valence-electron chi connectivity index (χ0n) is 17.3. The van der Waals surface area contributed by atoms with Crippen LogP contribution in [0.2, 0.25) is 0 Å². The summed E-state index contributed by atoms with van der Waals surface area (Å²) in [6, 6.07) is 8.17. The summed E-state index contributed by atoms with van der Waals surface area (Å²) >= 11 is 0. The van der Waals surface area contributed by atoms with E-state index in [9.17, 15) is 9.59 Å². The second-order valence-electron chi connectivity index (χ2n) is 7.42. The van der Waals surface area contributed by atoms with Crippen molar-refractivity contribution in [3.8, 4) is 0 Å². The first-order valence-corrected chi connectivity index (χ1v) is 10.6. The second kappa shape index (κ2) is 9.09. The molecular weight excluding hydrogens is 350 g/mol. The predicted molar refractivity (Wildman–Crippen MR) is 113 cm³/mol. The Morgan fingerprint density at radius 1 is 0.821 bits per heavy atom. The highest BCUT2D eigenvalue weighted by molar-refractivity contribution is 6.25. The number of fused-ring (bicyclic) bond motifs is 1. The number of benzene rings is 1.